The van der Waals surface area contributed by atoms with Gasteiger partial charge in [-0.05, 0) is 43.6 Å². The van der Waals surface area contributed by atoms with Crippen LogP contribution in [0.1, 0.15) is 41.7 Å². The molecule has 3 aromatic rings. The lowest BCUT2D eigenvalue weighted by Gasteiger charge is -2.33. The summed E-state index contributed by atoms with van der Waals surface area (Å²) in [6, 6.07) is 19.1. The highest BCUT2D eigenvalue weighted by molar-refractivity contribution is 6.07. The molecule has 2 aromatic carbocycles. The minimum atomic E-state index is -0.107. The Bertz CT molecular complexity index is 1010. The summed E-state index contributed by atoms with van der Waals surface area (Å²) < 4.78 is 0. The molecule has 2 aliphatic rings. The van der Waals surface area contributed by atoms with E-state index in [4.69, 9.17) is 0 Å². The number of aromatic nitrogens is 2. The van der Waals surface area contributed by atoms with Crippen molar-refractivity contribution in [1.82, 2.24) is 15.5 Å². The predicted molar refractivity (Wildman–Crippen MR) is 115 cm³/mol. The van der Waals surface area contributed by atoms with Crippen molar-refractivity contribution in [2.45, 2.75) is 38.1 Å². The first-order valence-corrected chi connectivity index (χ1v) is 10.6. The van der Waals surface area contributed by atoms with Crippen molar-refractivity contribution < 1.29 is 4.79 Å². The van der Waals surface area contributed by atoms with Crippen LogP contribution in [0.15, 0.2) is 54.6 Å². The van der Waals surface area contributed by atoms with Crippen molar-refractivity contribution in [3.8, 4) is 0 Å². The van der Waals surface area contributed by atoms with Gasteiger partial charge in [-0.1, -0.05) is 54.6 Å². The molecule has 0 bridgehead atoms. The Morgan fingerprint density at radius 2 is 1.59 bits per heavy atom. The van der Waals surface area contributed by atoms with E-state index in [-0.39, 0.29) is 5.91 Å². The van der Waals surface area contributed by atoms with Crippen molar-refractivity contribution >= 4 is 22.5 Å². The number of amides is 1. The van der Waals surface area contributed by atoms with Crippen LogP contribution in [-0.4, -0.2) is 35.2 Å². The van der Waals surface area contributed by atoms with Crippen LogP contribution in [-0.2, 0) is 6.42 Å². The van der Waals surface area contributed by atoms with Gasteiger partial charge in [-0.15, -0.1) is 10.2 Å². The number of anilines is 1. The first-order chi connectivity index (χ1) is 14.3. The lowest BCUT2D eigenvalue weighted by Crippen LogP contribution is -2.35. The Morgan fingerprint density at radius 3 is 2.31 bits per heavy atom. The molecule has 2 fully saturated rings. The van der Waals surface area contributed by atoms with E-state index in [1.807, 2.05) is 18.2 Å². The zero-order valence-electron chi connectivity index (χ0n) is 16.6. The summed E-state index contributed by atoms with van der Waals surface area (Å²) in [5.41, 5.74) is 1.86. The summed E-state index contributed by atoms with van der Waals surface area (Å²) in [6.07, 6.45) is 5.56. The molecule has 1 aliphatic heterocycles. The maximum Gasteiger partial charge on any atom is 0.272 e. The summed E-state index contributed by atoms with van der Waals surface area (Å²) in [5.74, 6) is 1.50. The summed E-state index contributed by atoms with van der Waals surface area (Å²) >= 11 is 0. The van der Waals surface area contributed by atoms with E-state index in [0.717, 1.165) is 61.8 Å². The van der Waals surface area contributed by atoms with Gasteiger partial charge < -0.3 is 10.2 Å². The summed E-state index contributed by atoms with van der Waals surface area (Å²) in [7, 11) is 0. The third-order valence-electron chi connectivity index (χ3n) is 6.08. The molecule has 1 aliphatic carbocycles. The van der Waals surface area contributed by atoms with Gasteiger partial charge in [-0.25, -0.2) is 0 Å². The smallest absolute Gasteiger partial charge is 0.272 e. The van der Waals surface area contributed by atoms with Gasteiger partial charge in [0.1, 0.15) is 0 Å². The maximum atomic E-state index is 12.6. The number of hydrogen-bond donors (Lipinski definition) is 1. The van der Waals surface area contributed by atoms with Gasteiger partial charge >= 0.3 is 0 Å². The number of benzene rings is 2. The lowest BCUT2D eigenvalue weighted by atomic mass is 9.90. The molecular formula is C24H26N4O. The van der Waals surface area contributed by atoms with E-state index < -0.39 is 0 Å². The third-order valence-corrected chi connectivity index (χ3v) is 6.08. The second kappa shape index (κ2) is 7.82. The minimum Gasteiger partial charge on any atom is -0.355 e. The van der Waals surface area contributed by atoms with E-state index in [2.05, 4.69) is 56.8 Å². The highest BCUT2D eigenvalue weighted by Crippen LogP contribution is 2.30. The van der Waals surface area contributed by atoms with Crippen molar-refractivity contribution in [3.63, 3.8) is 0 Å². The summed E-state index contributed by atoms with van der Waals surface area (Å²) in [6.45, 7) is 1.95. The molecule has 5 nitrogen and oxygen atoms in total. The molecule has 5 rings (SSSR count). The van der Waals surface area contributed by atoms with Crippen molar-refractivity contribution in [2.24, 2.45) is 5.92 Å². The molecule has 0 radical (unpaired) electrons. The first-order valence-electron chi connectivity index (χ1n) is 10.6. The van der Waals surface area contributed by atoms with Gasteiger partial charge in [0.05, 0.1) is 0 Å². The number of carbonyl (C=O) groups is 1. The lowest BCUT2D eigenvalue weighted by molar-refractivity contribution is 0.0947. The average Bonchev–Trinajstić information content (AvgIpc) is 3.58. The minimum absolute atomic E-state index is 0.107. The Morgan fingerprint density at radius 1 is 0.897 bits per heavy atom. The molecule has 1 aromatic heterocycles. The summed E-state index contributed by atoms with van der Waals surface area (Å²) in [5, 5.41) is 13.8. The Kier molecular flexibility index (Phi) is 4.88. The van der Waals surface area contributed by atoms with Gasteiger partial charge in [0, 0.05) is 29.9 Å². The normalized spacial score (nSPS) is 17.4. The van der Waals surface area contributed by atoms with Crippen LogP contribution in [0.3, 0.4) is 0 Å². The number of fused-ring (bicyclic) bond motifs is 1. The Hall–Kier alpha value is -2.95. The molecule has 0 spiro atoms. The van der Waals surface area contributed by atoms with Crippen LogP contribution < -0.4 is 10.2 Å². The molecule has 1 amide bonds. The van der Waals surface area contributed by atoms with Crippen molar-refractivity contribution in [3.05, 3.63) is 65.9 Å². The van der Waals surface area contributed by atoms with Gasteiger partial charge in [-0.2, -0.15) is 0 Å². The number of nitrogens with zero attached hydrogens (tertiary/aromatic N) is 3. The van der Waals surface area contributed by atoms with Crippen LogP contribution in [0, 0.1) is 5.92 Å². The zero-order chi connectivity index (χ0) is 19.6. The van der Waals surface area contributed by atoms with Gasteiger partial charge in [0.15, 0.2) is 11.5 Å². The number of hydrogen-bond acceptors (Lipinski definition) is 4. The molecule has 148 valence electrons. The molecule has 5 heteroatoms. The van der Waals surface area contributed by atoms with Crippen LogP contribution in [0.4, 0.5) is 5.82 Å². The van der Waals surface area contributed by atoms with Crippen molar-refractivity contribution in [2.75, 3.05) is 18.0 Å². The molecule has 0 unspecified atom stereocenters. The fourth-order valence-electron chi connectivity index (χ4n) is 4.27. The second-order valence-corrected chi connectivity index (χ2v) is 8.29. The van der Waals surface area contributed by atoms with Crippen LogP contribution in [0.5, 0.6) is 0 Å². The molecule has 0 atom stereocenters. The SMILES string of the molecule is O=C(NC1CC1)c1nnc(N2CCC(Cc3ccccc3)CC2)c2ccccc12. The summed E-state index contributed by atoms with van der Waals surface area (Å²) in [4.78, 5) is 14.9. The monoisotopic (exact) mass is 386 g/mol. The topological polar surface area (TPSA) is 58.1 Å². The zero-order valence-corrected chi connectivity index (χ0v) is 16.6. The van der Waals surface area contributed by atoms with Crippen LogP contribution in [0.2, 0.25) is 0 Å². The molecular weight excluding hydrogens is 360 g/mol. The van der Waals surface area contributed by atoms with E-state index in [9.17, 15) is 4.79 Å². The second-order valence-electron chi connectivity index (χ2n) is 8.29. The van der Waals surface area contributed by atoms with Crippen LogP contribution in [0.25, 0.3) is 10.8 Å². The van der Waals surface area contributed by atoms with Gasteiger partial charge in [-0.3, -0.25) is 4.79 Å². The van der Waals surface area contributed by atoms with Gasteiger partial charge in [0.2, 0.25) is 0 Å². The average molecular weight is 386 g/mol. The molecule has 2 heterocycles. The highest BCUT2D eigenvalue weighted by Gasteiger charge is 2.27. The number of piperidine rings is 1. The van der Waals surface area contributed by atoms with Gasteiger partial charge in [0.25, 0.3) is 5.91 Å². The fourth-order valence-corrected chi connectivity index (χ4v) is 4.27. The third kappa shape index (κ3) is 3.95. The largest absolute Gasteiger partial charge is 0.355 e. The van der Waals surface area contributed by atoms with E-state index >= 15 is 0 Å². The molecule has 1 saturated heterocycles. The van der Waals surface area contributed by atoms with E-state index in [0.29, 0.717) is 17.7 Å². The van der Waals surface area contributed by atoms with E-state index in [1.165, 1.54) is 5.56 Å². The number of carbonyl (C=O) groups excluding carboxylic acids is 1. The first kappa shape index (κ1) is 18.1. The predicted octanol–water partition coefficient (Wildman–Crippen LogP) is 3.98. The van der Waals surface area contributed by atoms with Crippen molar-refractivity contribution in [1.29, 1.82) is 0 Å². The van der Waals surface area contributed by atoms with Crippen LogP contribution >= 0.6 is 0 Å². The number of rotatable bonds is 5. The maximum absolute atomic E-state index is 12.6. The van der Waals surface area contributed by atoms with E-state index in [1.54, 1.807) is 0 Å². The highest BCUT2D eigenvalue weighted by atomic mass is 16.2. The Balaban J connectivity index is 1.34. The Labute approximate surface area is 171 Å². The molecule has 29 heavy (non-hydrogen) atoms. The molecule has 1 N–H and O–H groups in total. The molecule has 1 saturated carbocycles. The standard InChI is InChI=1S/C24H26N4O/c29-24(25-19-10-11-19)22-20-8-4-5-9-21(20)23(27-26-22)28-14-12-18(13-15-28)16-17-6-2-1-3-7-17/h1-9,18-19H,10-16H2,(H,25,29). The fraction of sp³-hybridized carbons (Fsp3) is 0.375. The quantitative estimate of drug-likeness (QED) is 0.721. The number of nitrogens with one attached hydrogen (secondary N) is 1.